The normalized spacial score (nSPS) is 15.3. The SMILES string of the molecule is COC(=O)C1(CNC(=O)c2cc(N(C)c3ccnc(Cl)n3)ccc2Cl)CCCCC1. The van der Waals surface area contributed by atoms with E-state index in [0.29, 0.717) is 34.9 Å². The van der Waals surface area contributed by atoms with Crippen molar-refractivity contribution in [3.63, 3.8) is 0 Å². The van der Waals surface area contributed by atoms with Crippen LogP contribution in [-0.2, 0) is 9.53 Å². The molecule has 1 amide bonds. The van der Waals surface area contributed by atoms with Crippen LogP contribution in [0, 0.1) is 5.41 Å². The first kappa shape index (κ1) is 22.3. The van der Waals surface area contributed by atoms with Gasteiger partial charge in [-0.25, -0.2) is 9.97 Å². The monoisotopic (exact) mass is 450 g/mol. The van der Waals surface area contributed by atoms with Crippen molar-refractivity contribution in [1.29, 1.82) is 0 Å². The molecule has 7 nitrogen and oxygen atoms in total. The van der Waals surface area contributed by atoms with Gasteiger partial charge in [0.15, 0.2) is 0 Å². The molecule has 0 aliphatic heterocycles. The zero-order valence-electron chi connectivity index (χ0n) is 17.0. The average molecular weight is 451 g/mol. The number of halogens is 2. The van der Waals surface area contributed by atoms with Crippen LogP contribution in [0.5, 0.6) is 0 Å². The average Bonchev–Trinajstić information content (AvgIpc) is 2.77. The second-order valence-corrected chi connectivity index (χ2v) is 8.17. The first-order valence-electron chi connectivity index (χ1n) is 9.75. The Balaban J connectivity index is 1.78. The minimum Gasteiger partial charge on any atom is -0.469 e. The number of hydrogen-bond donors (Lipinski definition) is 1. The molecule has 0 bridgehead atoms. The predicted octanol–water partition coefficient (Wildman–Crippen LogP) is 4.40. The highest BCUT2D eigenvalue weighted by Gasteiger charge is 2.41. The van der Waals surface area contributed by atoms with Crippen molar-refractivity contribution in [2.24, 2.45) is 5.41 Å². The molecule has 1 aromatic carbocycles. The van der Waals surface area contributed by atoms with Gasteiger partial charge in [-0.2, -0.15) is 0 Å². The van der Waals surface area contributed by atoms with Gasteiger partial charge in [-0.3, -0.25) is 9.59 Å². The van der Waals surface area contributed by atoms with E-state index in [1.165, 1.54) is 7.11 Å². The lowest BCUT2D eigenvalue weighted by molar-refractivity contribution is -0.154. The molecule has 1 aromatic heterocycles. The number of benzene rings is 1. The van der Waals surface area contributed by atoms with Gasteiger partial charge in [0.1, 0.15) is 5.82 Å². The van der Waals surface area contributed by atoms with E-state index < -0.39 is 5.41 Å². The van der Waals surface area contributed by atoms with Gasteiger partial charge in [0.25, 0.3) is 5.91 Å². The Hall–Kier alpha value is -2.38. The molecule has 0 atom stereocenters. The zero-order valence-corrected chi connectivity index (χ0v) is 18.5. The standard InChI is InChI=1S/C21H24Cl2N4O3/c1-27(17-8-11-24-20(23)26-17)14-6-7-16(22)15(12-14)18(28)25-13-21(19(29)30-2)9-4-3-5-10-21/h6-8,11-12H,3-5,9-10,13H2,1-2H3,(H,25,28). The Labute approximate surface area is 185 Å². The van der Waals surface area contributed by atoms with E-state index in [1.54, 1.807) is 42.4 Å². The van der Waals surface area contributed by atoms with Gasteiger partial charge in [0, 0.05) is 25.5 Å². The van der Waals surface area contributed by atoms with Gasteiger partial charge in [-0.1, -0.05) is 30.9 Å². The lowest BCUT2D eigenvalue weighted by atomic mass is 9.74. The number of esters is 1. The van der Waals surface area contributed by atoms with E-state index in [9.17, 15) is 9.59 Å². The molecule has 1 fully saturated rings. The Morgan fingerprint density at radius 1 is 1.20 bits per heavy atom. The summed E-state index contributed by atoms with van der Waals surface area (Å²) in [5.41, 5.74) is 0.345. The highest BCUT2D eigenvalue weighted by Crippen LogP contribution is 2.37. The van der Waals surface area contributed by atoms with Crippen LogP contribution in [0.1, 0.15) is 42.5 Å². The molecule has 1 N–H and O–H groups in total. The van der Waals surface area contributed by atoms with Gasteiger partial charge in [0.2, 0.25) is 5.28 Å². The van der Waals surface area contributed by atoms with E-state index in [0.717, 1.165) is 19.3 Å². The van der Waals surface area contributed by atoms with Crippen molar-refractivity contribution in [2.45, 2.75) is 32.1 Å². The summed E-state index contributed by atoms with van der Waals surface area (Å²) >= 11 is 12.2. The summed E-state index contributed by atoms with van der Waals surface area (Å²) in [7, 11) is 3.19. The summed E-state index contributed by atoms with van der Waals surface area (Å²) in [4.78, 5) is 35.1. The quantitative estimate of drug-likeness (QED) is 0.518. The first-order chi connectivity index (χ1) is 14.4. The molecule has 2 aromatic rings. The second-order valence-electron chi connectivity index (χ2n) is 7.42. The third kappa shape index (κ3) is 4.84. The molecule has 1 heterocycles. The van der Waals surface area contributed by atoms with Crippen molar-refractivity contribution in [2.75, 3.05) is 25.6 Å². The van der Waals surface area contributed by atoms with Crippen molar-refractivity contribution in [1.82, 2.24) is 15.3 Å². The molecule has 0 radical (unpaired) electrons. The van der Waals surface area contributed by atoms with Gasteiger partial charge < -0.3 is 15.0 Å². The van der Waals surface area contributed by atoms with Crippen molar-refractivity contribution >= 4 is 46.6 Å². The minimum absolute atomic E-state index is 0.131. The van der Waals surface area contributed by atoms with Crippen LogP contribution >= 0.6 is 23.2 Å². The van der Waals surface area contributed by atoms with E-state index in [4.69, 9.17) is 27.9 Å². The fraction of sp³-hybridized carbons (Fsp3) is 0.429. The van der Waals surface area contributed by atoms with Crippen LogP contribution in [-0.4, -0.2) is 42.5 Å². The van der Waals surface area contributed by atoms with Crippen LogP contribution < -0.4 is 10.2 Å². The molecule has 1 aliphatic rings. The van der Waals surface area contributed by atoms with E-state index >= 15 is 0 Å². The smallest absolute Gasteiger partial charge is 0.313 e. The van der Waals surface area contributed by atoms with Crippen LogP contribution in [0.15, 0.2) is 30.5 Å². The molecule has 30 heavy (non-hydrogen) atoms. The third-order valence-electron chi connectivity index (χ3n) is 5.55. The van der Waals surface area contributed by atoms with Crippen molar-refractivity contribution < 1.29 is 14.3 Å². The van der Waals surface area contributed by atoms with Crippen LogP contribution in [0.25, 0.3) is 0 Å². The molecule has 0 spiro atoms. The molecule has 1 aliphatic carbocycles. The third-order valence-corrected chi connectivity index (χ3v) is 6.07. The zero-order chi connectivity index (χ0) is 21.7. The van der Waals surface area contributed by atoms with Crippen molar-refractivity contribution in [3.8, 4) is 0 Å². The summed E-state index contributed by atoms with van der Waals surface area (Å²) in [6.45, 7) is 0.219. The molecule has 3 rings (SSSR count). The number of anilines is 2. The maximum atomic E-state index is 12.9. The highest BCUT2D eigenvalue weighted by atomic mass is 35.5. The number of nitrogens with zero attached hydrogens (tertiary/aromatic N) is 3. The molecule has 0 unspecified atom stereocenters. The van der Waals surface area contributed by atoms with Crippen LogP contribution in [0.2, 0.25) is 10.3 Å². The van der Waals surface area contributed by atoms with Gasteiger partial charge in [0.05, 0.1) is 23.1 Å². The summed E-state index contributed by atoms with van der Waals surface area (Å²) in [6, 6.07) is 6.83. The van der Waals surface area contributed by atoms with E-state index in [-0.39, 0.29) is 23.7 Å². The van der Waals surface area contributed by atoms with Crippen LogP contribution in [0.3, 0.4) is 0 Å². The molecule has 0 saturated heterocycles. The molecule has 160 valence electrons. The largest absolute Gasteiger partial charge is 0.469 e. The van der Waals surface area contributed by atoms with Gasteiger partial charge in [-0.05, 0) is 48.7 Å². The predicted molar refractivity (Wildman–Crippen MR) is 116 cm³/mol. The number of carbonyl (C=O) groups excluding carboxylic acids is 2. The fourth-order valence-corrected chi connectivity index (χ4v) is 4.13. The summed E-state index contributed by atoms with van der Waals surface area (Å²) in [6.07, 6.45) is 5.91. The lowest BCUT2D eigenvalue weighted by Gasteiger charge is -2.34. The van der Waals surface area contributed by atoms with E-state index in [1.807, 2.05) is 0 Å². The number of amides is 1. The Bertz CT molecular complexity index is 932. The van der Waals surface area contributed by atoms with Crippen LogP contribution in [0.4, 0.5) is 11.5 Å². The van der Waals surface area contributed by atoms with Gasteiger partial charge in [-0.15, -0.1) is 0 Å². The number of rotatable bonds is 6. The number of carbonyl (C=O) groups is 2. The number of ether oxygens (including phenoxy) is 1. The Morgan fingerprint density at radius 3 is 2.60 bits per heavy atom. The first-order valence-corrected chi connectivity index (χ1v) is 10.5. The maximum Gasteiger partial charge on any atom is 0.313 e. The lowest BCUT2D eigenvalue weighted by Crippen LogP contribution is -2.45. The molecular weight excluding hydrogens is 427 g/mol. The summed E-state index contributed by atoms with van der Waals surface area (Å²) in [5.74, 6) is -0.0388. The van der Waals surface area contributed by atoms with Gasteiger partial charge >= 0.3 is 5.97 Å². The molecular formula is C21H24Cl2N4O3. The number of methoxy groups -OCH3 is 1. The Kier molecular flexibility index (Phi) is 7.15. The summed E-state index contributed by atoms with van der Waals surface area (Å²) < 4.78 is 5.02. The van der Waals surface area contributed by atoms with E-state index in [2.05, 4.69) is 15.3 Å². The topological polar surface area (TPSA) is 84.4 Å². The van der Waals surface area contributed by atoms with Crippen molar-refractivity contribution in [3.05, 3.63) is 46.3 Å². The number of nitrogens with one attached hydrogen (secondary N) is 1. The Morgan fingerprint density at radius 2 is 1.93 bits per heavy atom. The number of aromatic nitrogens is 2. The molecule has 1 saturated carbocycles. The maximum absolute atomic E-state index is 12.9. The molecule has 9 heteroatoms. The fourth-order valence-electron chi connectivity index (χ4n) is 3.78. The highest BCUT2D eigenvalue weighted by molar-refractivity contribution is 6.34. The summed E-state index contributed by atoms with van der Waals surface area (Å²) in [5, 5.41) is 3.34. The minimum atomic E-state index is -0.679. The number of hydrogen-bond acceptors (Lipinski definition) is 6. The second kappa shape index (κ2) is 9.62.